The molecule has 0 amide bonds. The van der Waals surface area contributed by atoms with Gasteiger partial charge in [0, 0.05) is 11.3 Å². The van der Waals surface area contributed by atoms with Crippen LogP contribution >= 0.6 is 11.8 Å². The molecule has 1 nitrogen and oxygen atoms in total. The van der Waals surface area contributed by atoms with E-state index in [9.17, 15) is 0 Å². The fraction of sp³-hybridized carbons (Fsp3) is 1.00. The largest absolute Gasteiger partial charge is 0.297 e. The quantitative estimate of drug-likeness (QED) is 0.625. The van der Waals surface area contributed by atoms with Gasteiger partial charge < -0.3 is 0 Å². The summed E-state index contributed by atoms with van der Waals surface area (Å²) in [7, 11) is 0. The van der Waals surface area contributed by atoms with E-state index >= 15 is 0 Å². The molecule has 0 aliphatic carbocycles. The van der Waals surface area contributed by atoms with Gasteiger partial charge in [0.2, 0.25) is 0 Å². The van der Waals surface area contributed by atoms with Crippen LogP contribution in [0.25, 0.3) is 0 Å². The molecule has 2 aliphatic rings. The first kappa shape index (κ1) is 7.93. The maximum atomic E-state index is 2.73. The molecule has 0 aromatic heterocycles. The molecule has 0 radical (unpaired) electrons. The highest BCUT2D eigenvalue weighted by molar-refractivity contribution is 7.98. The van der Waals surface area contributed by atoms with Crippen molar-refractivity contribution >= 4 is 11.8 Å². The van der Waals surface area contributed by atoms with Gasteiger partial charge in [0.25, 0.3) is 0 Å². The molecular weight excluding hydrogens is 154 g/mol. The predicted molar refractivity (Wildman–Crippen MR) is 51.2 cm³/mol. The van der Waals surface area contributed by atoms with Gasteiger partial charge in [0.05, 0.1) is 0 Å². The summed E-state index contributed by atoms with van der Waals surface area (Å²) < 4.78 is 0. The highest BCUT2D eigenvalue weighted by atomic mass is 32.2. The SMILES string of the molecule is CSCC12CCCN1CCC2. The summed E-state index contributed by atoms with van der Waals surface area (Å²) in [4.78, 5) is 2.73. The Kier molecular flexibility index (Phi) is 2.15. The van der Waals surface area contributed by atoms with Crippen molar-refractivity contribution in [1.29, 1.82) is 0 Å². The maximum Gasteiger partial charge on any atom is 0.0300 e. The van der Waals surface area contributed by atoms with Crippen LogP contribution in [-0.4, -0.2) is 35.5 Å². The predicted octanol–water partition coefficient (Wildman–Crippen LogP) is 1.98. The second-order valence-corrected chi connectivity index (χ2v) is 4.72. The zero-order valence-electron chi connectivity index (χ0n) is 7.31. The minimum absolute atomic E-state index is 0.652. The Morgan fingerprint density at radius 1 is 1.27 bits per heavy atom. The molecule has 0 spiro atoms. The van der Waals surface area contributed by atoms with Gasteiger partial charge >= 0.3 is 0 Å². The topological polar surface area (TPSA) is 3.24 Å². The van der Waals surface area contributed by atoms with E-state index in [0.29, 0.717) is 5.54 Å². The van der Waals surface area contributed by atoms with Crippen LogP contribution in [0.3, 0.4) is 0 Å². The first-order chi connectivity index (χ1) is 5.37. The van der Waals surface area contributed by atoms with Crippen molar-refractivity contribution < 1.29 is 0 Å². The maximum absolute atomic E-state index is 2.73. The Balaban J connectivity index is 2.07. The normalized spacial score (nSPS) is 29.2. The summed E-state index contributed by atoms with van der Waals surface area (Å²) in [5.74, 6) is 1.37. The number of hydrogen-bond acceptors (Lipinski definition) is 2. The lowest BCUT2D eigenvalue weighted by molar-refractivity contribution is 0.223. The van der Waals surface area contributed by atoms with Gasteiger partial charge in [-0.05, 0) is 45.0 Å². The van der Waals surface area contributed by atoms with Gasteiger partial charge in [-0.1, -0.05) is 0 Å². The van der Waals surface area contributed by atoms with E-state index in [1.165, 1.54) is 44.5 Å². The summed E-state index contributed by atoms with van der Waals surface area (Å²) in [6, 6.07) is 0. The molecular formula is C9H17NS. The Labute approximate surface area is 73.5 Å². The standard InChI is InChI=1S/C9H17NS/c1-11-8-9-4-2-6-10(9)7-3-5-9/h2-8H2,1H3. The van der Waals surface area contributed by atoms with Crippen molar-refractivity contribution in [3.63, 3.8) is 0 Å². The molecule has 2 aliphatic heterocycles. The van der Waals surface area contributed by atoms with Gasteiger partial charge in [0.1, 0.15) is 0 Å². The van der Waals surface area contributed by atoms with Crippen LogP contribution in [0, 0.1) is 0 Å². The molecule has 0 N–H and O–H groups in total. The van der Waals surface area contributed by atoms with E-state index < -0.39 is 0 Å². The van der Waals surface area contributed by atoms with E-state index in [4.69, 9.17) is 0 Å². The van der Waals surface area contributed by atoms with Crippen molar-refractivity contribution in [3.05, 3.63) is 0 Å². The number of thioether (sulfide) groups is 1. The minimum Gasteiger partial charge on any atom is -0.297 e. The second-order valence-electron chi connectivity index (χ2n) is 3.85. The van der Waals surface area contributed by atoms with Crippen molar-refractivity contribution in [3.8, 4) is 0 Å². The highest BCUT2D eigenvalue weighted by Crippen LogP contribution is 2.40. The van der Waals surface area contributed by atoms with E-state index in [1.54, 1.807) is 0 Å². The molecule has 0 saturated carbocycles. The monoisotopic (exact) mass is 171 g/mol. The number of fused-ring (bicyclic) bond motifs is 1. The molecule has 2 rings (SSSR count). The average molecular weight is 171 g/mol. The Bertz CT molecular complexity index is 136. The van der Waals surface area contributed by atoms with Gasteiger partial charge in [-0.3, -0.25) is 4.90 Å². The zero-order chi connectivity index (χ0) is 7.73. The zero-order valence-corrected chi connectivity index (χ0v) is 8.12. The molecule has 0 bridgehead atoms. The molecule has 64 valence electrons. The number of hydrogen-bond donors (Lipinski definition) is 0. The molecule has 0 aromatic carbocycles. The molecule has 2 fully saturated rings. The Hall–Kier alpha value is 0.310. The van der Waals surface area contributed by atoms with Crippen LogP contribution in [-0.2, 0) is 0 Å². The smallest absolute Gasteiger partial charge is 0.0300 e. The van der Waals surface area contributed by atoms with Crippen molar-refractivity contribution in [2.75, 3.05) is 25.1 Å². The van der Waals surface area contributed by atoms with Crippen LogP contribution in [0.1, 0.15) is 25.7 Å². The van der Waals surface area contributed by atoms with Crippen LogP contribution in [0.2, 0.25) is 0 Å². The van der Waals surface area contributed by atoms with E-state index in [0.717, 1.165) is 0 Å². The summed E-state index contributed by atoms with van der Waals surface area (Å²) in [6.45, 7) is 2.75. The lowest BCUT2D eigenvalue weighted by Gasteiger charge is -2.31. The Morgan fingerprint density at radius 2 is 1.91 bits per heavy atom. The third kappa shape index (κ3) is 1.20. The summed E-state index contributed by atoms with van der Waals surface area (Å²) in [5, 5.41) is 0. The van der Waals surface area contributed by atoms with Crippen LogP contribution in [0.4, 0.5) is 0 Å². The van der Waals surface area contributed by atoms with Gasteiger partial charge in [-0.25, -0.2) is 0 Å². The second kappa shape index (κ2) is 2.98. The fourth-order valence-electron chi connectivity index (χ4n) is 2.73. The van der Waals surface area contributed by atoms with Crippen LogP contribution in [0.15, 0.2) is 0 Å². The number of nitrogens with zero attached hydrogens (tertiary/aromatic N) is 1. The third-order valence-electron chi connectivity index (χ3n) is 3.22. The van der Waals surface area contributed by atoms with Crippen LogP contribution in [0.5, 0.6) is 0 Å². The Morgan fingerprint density at radius 3 is 2.45 bits per heavy atom. The van der Waals surface area contributed by atoms with Crippen LogP contribution < -0.4 is 0 Å². The summed E-state index contributed by atoms with van der Waals surface area (Å²) >= 11 is 2.02. The number of rotatable bonds is 2. The molecule has 0 aromatic rings. The minimum atomic E-state index is 0.652. The molecule has 2 saturated heterocycles. The molecule has 11 heavy (non-hydrogen) atoms. The molecule has 2 heteroatoms. The van der Waals surface area contributed by atoms with Gasteiger partial charge in [-0.2, -0.15) is 11.8 Å². The average Bonchev–Trinajstić information content (AvgIpc) is 2.45. The van der Waals surface area contributed by atoms with Crippen molar-refractivity contribution in [2.24, 2.45) is 0 Å². The van der Waals surface area contributed by atoms with E-state index in [2.05, 4.69) is 11.2 Å². The fourth-order valence-corrected chi connectivity index (χ4v) is 3.74. The first-order valence-electron chi connectivity index (χ1n) is 4.61. The highest BCUT2D eigenvalue weighted by Gasteiger charge is 2.43. The van der Waals surface area contributed by atoms with Gasteiger partial charge in [0.15, 0.2) is 0 Å². The van der Waals surface area contributed by atoms with Gasteiger partial charge in [-0.15, -0.1) is 0 Å². The molecule has 2 heterocycles. The molecule has 0 atom stereocenters. The molecule has 0 unspecified atom stereocenters. The lowest BCUT2D eigenvalue weighted by atomic mass is 9.97. The lowest BCUT2D eigenvalue weighted by Crippen LogP contribution is -2.40. The summed E-state index contributed by atoms with van der Waals surface area (Å²) in [5.41, 5.74) is 0.652. The first-order valence-corrected chi connectivity index (χ1v) is 6.01. The van der Waals surface area contributed by atoms with E-state index in [-0.39, 0.29) is 0 Å². The third-order valence-corrected chi connectivity index (χ3v) is 4.05. The summed E-state index contributed by atoms with van der Waals surface area (Å²) in [6.07, 6.45) is 8.06. The van der Waals surface area contributed by atoms with E-state index in [1.807, 2.05) is 11.8 Å². The van der Waals surface area contributed by atoms with Crippen molar-refractivity contribution in [1.82, 2.24) is 4.90 Å². The van der Waals surface area contributed by atoms with Crippen molar-refractivity contribution in [2.45, 2.75) is 31.2 Å².